The van der Waals surface area contributed by atoms with Gasteiger partial charge in [-0.2, -0.15) is 26.3 Å². The summed E-state index contributed by atoms with van der Waals surface area (Å²) in [5, 5.41) is 0. The first-order valence-electron chi connectivity index (χ1n) is 22.0. The lowest BCUT2D eigenvalue weighted by Gasteiger charge is -2.37. The van der Waals surface area contributed by atoms with Crippen molar-refractivity contribution >= 4 is 0 Å². The van der Waals surface area contributed by atoms with Crippen molar-refractivity contribution in [3.8, 4) is 0 Å². The van der Waals surface area contributed by atoms with Crippen molar-refractivity contribution in [3.63, 3.8) is 0 Å². The van der Waals surface area contributed by atoms with E-state index in [1.165, 1.54) is 49.3 Å². The molecule has 2 heterocycles. The number of benzene rings is 2. The fourth-order valence-electron chi connectivity index (χ4n) is 8.42. The molecule has 0 fully saturated rings. The summed E-state index contributed by atoms with van der Waals surface area (Å²) in [4.78, 5) is 8.76. The second-order valence-electron chi connectivity index (χ2n) is 16.6. The minimum atomic E-state index is -4.64. The molecule has 0 radical (unpaired) electrons. The molecule has 6 rings (SSSR count). The molecule has 0 bridgehead atoms. The molecule has 0 aliphatic heterocycles. The van der Waals surface area contributed by atoms with Gasteiger partial charge in [-0.15, -0.1) is 0 Å². The number of ether oxygens (including phenoxy) is 1. The van der Waals surface area contributed by atoms with Crippen LogP contribution in [0, 0.1) is 0 Å². The van der Waals surface area contributed by atoms with Gasteiger partial charge in [0.25, 0.3) is 0 Å². The third-order valence-electron chi connectivity index (χ3n) is 12.2. The summed E-state index contributed by atoms with van der Waals surface area (Å²) in [5.74, 6) is 0. The molecule has 2 aliphatic carbocycles. The first-order valence-corrected chi connectivity index (χ1v) is 22.0. The average Bonchev–Trinajstić information content (AvgIpc) is 3.27. The molecule has 0 saturated heterocycles. The number of allylic oxidation sites excluding steroid dienone is 4. The molecule has 4 atom stereocenters. The lowest BCUT2D eigenvalue weighted by atomic mass is 9.74. The number of aromatic nitrogens is 2. The Balaban J connectivity index is 1.27. The summed E-state index contributed by atoms with van der Waals surface area (Å²) in [7, 11) is 0. The van der Waals surface area contributed by atoms with Crippen LogP contribution in [0.25, 0.3) is 0 Å². The SMILES string of the molecule is CCCCCCCc1ccc(C2(C(F)(F)F)C=CC(C(OC(C3=CCC(c4ccc(CCCCCCC)cn4)(C(F)(F)F)C=C3)c3ccccc3)c3ccccc3)=CC2)nc1. The summed E-state index contributed by atoms with van der Waals surface area (Å²) in [6.07, 6.45) is 12.3. The second-order valence-corrected chi connectivity index (χ2v) is 16.6. The highest BCUT2D eigenvalue weighted by molar-refractivity contribution is 5.45. The van der Waals surface area contributed by atoms with Crippen molar-refractivity contribution < 1.29 is 31.1 Å². The van der Waals surface area contributed by atoms with E-state index in [9.17, 15) is 0 Å². The summed E-state index contributed by atoms with van der Waals surface area (Å²) >= 11 is 0. The van der Waals surface area contributed by atoms with Crippen molar-refractivity contribution in [2.24, 2.45) is 0 Å². The van der Waals surface area contributed by atoms with Gasteiger partial charge in [0.05, 0.1) is 11.4 Å². The maximum Gasteiger partial charge on any atom is 0.403 e. The molecule has 0 amide bonds. The molecular weight excluding hydrogens is 783 g/mol. The van der Waals surface area contributed by atoms with Crippen molar-refractivity contribution in [2.75, 3.05) is 0 Å². The quantitative estimate of drug-likeness (QED) is 0.0657. The van der Waals surface area contributed by atoms with E-state index in [1.54, 1.807) is 36.7 Å². The van der Waals surface area contributed by atoms with Gasteiger partial charge in [0.1, 0.15) is 23.0 Å². The van der Waals surface area contributed by atoms with E-state index in [0.29, 0.717) is 22.3 Å². The third-order valence-corrected chi connectivity index (χ3v) is 12.2. The lowest BCUT2D eigenvalue weighted by molar-refractivity contribution is -0.177. The normalized spacial score (nSPS) is 20.3. The van der Waals surface area contributed by atoms with E-state index in [-0.39, 0.29) is 11.4 Å². The van der Waals surface area contributed by atoms with Crippen LogP contribution in [0.5, 0.6) is 0 Å². The van der Waals surface area contributed by atoms with E-state index in [2.05, 4.69) is 23.8 Å². The molecule has 0 N–H and O–H groups in total. The van der Waals surface area contributed by atoms with Crippen LogP contribution in [0.1, 0.15) is 137 Å². The number of aryl methyl sites for hydroxylation is 2. The van der Waals surface area contributed by atoms with Crippen LogP contribution in [0.15, 0.2) is 145 Å². The van der Waals surface area contributed by atoms with Gasteiger partial charge in [0.2, 0.25) is 0 Å². The zero-order valence-corrected chi connectivity index (χ0v) is 35.3. The number of halogens is 6. The van der Waals surface area contributed by atoms with Gasteiger partial charge in [-0.25, -0.2) is 0 Å². The van der Waals surface area contributed by atoms with Crippen LogP contribution < -0.4 is 0 Å². The molecule has 324 valence electrons. The van der Waals surface area contributed by atoms with Crippen LogP contribution in [0.4, 0.5) is 26.3 Å². The Hall–Kier alpha value is -4.76. The van der Waals surface area contributed by atoms with Gasteiger partial charge in [0, 0.05) is 12.4 Å². The minimum Gasteiger partial charge on any atom is -0.356 e. The number of nitrogens with zero attached hydrogens (tertiary/aromatic N) is 2. The third kappa shape index (κ3) is 11.0. The fraction of sp³-hybridized carbons (Fsp3) is 0.423. The van der Waals surface area contributed by atoms with Gasteiger partial charge >= 0.3 is 12.4 Å². The molecule has 3 nitrogen and oxygen atoms in total. The monoisotopic (exact) mass is 840 g/mol. The molecular formula is C52H58F6N2O. The molecule has 9 heteroatoms. The minimum absolute atomic E-state index is 0.0715. The van der Waals surface area contributed by atoms with Crippen LogP contribution in [0.2, 0.25) is 0 Å². The van der Waals surface area contributed by atoms with Crippen LogP contribution in [0.3, 0.4) is 0 Å². The van der Waals surface area contributed by atoms with Gasteiger partial charge < -0.3 is 4.74 Å². The molecule has 0 saturated carbocycles. The highest BCUT2D eigenvalue weighted by Crippen LogP contribution is 2.51. The first kappa shape index (κ1) is 45.8. The highest BCUT2D eigenvalue weighted by Gasteiger charge is 2.56. The molecule has 61 heavy (non-hydrogen) atoms. The predicted octanol–water partition coefficient (Wildman–Crippen LogP) is 15.1. The Kier molecular flexibility index (Phi) is 15.7. The summed E-state index contributed by atoms with van der Waals surface area (Å²) in [6, 6.07) is 24.9. The first-order chi connectivity index (χ1) is 29.4. The number of hydrogen-bond acceptors (Lipinski definition) is 3. The maximum absolute atomic E-state index is 15.2. The molecule has 4 unspecified atom stereocenters. The van der Waals surface area contributed by atoms with E-state index >= 15 is 26.3 Å². The van der Waals surface area contributed by atoms with Gasteiger partial charge in [0.15, 0.2) is 0 Å². The van der Waals surface area contributed by atoms with E-state index in [4.69, 9.17) is 4.74 Å². The molecule has 0 spiro atoms. The Bertz CT molecular complexity index is 1940. The lowest BCUT2D eigenvalue weighted by Crippen LogP contribution is -2.42. The van der Waals surface area contributed by atoms with E-state index < -0.39 is 48.2 Å². The Morgan fingerprint density at radius 2 is 0.918 bits per heavy atom. The summed E-state index contributed by atoms with van der Waals surface area (Å²) in [5.41, 5.74) is -0.593. The van der Waals surface area contributed by atoms with Crippen LogP contribution in [-0.4, -0.2) is 22.3 Å². The van der Waals surface area contributed by atoms with Crippen molar-refractivity contribution in [3.05, 3.63) is 179 Å². The molecule has 2 aromatic carbocycles. The second kappa shape index (κ2) is 20.9. The van der Waals surface area contributed by atoms with Crippen LogP contribution >= 0.6 is 0 Å². The van der Waals surface area contributed by atoms with Crippen molar-refractivity contribution in [2.45, 2.75) is 139 Å². The van der Waals surface area contributed by atoms with Gasteiger partial charge in [-0.05, 0) is 84.1 Å². The van der Waals surface area contributed by atoms with Crippen molar-refractivity contribution in [1.82, 2.24) is 9.97 Å². The van der Waals surface area contributed by atoms with Crippen LogP contribution in [-0.2, 0) is 28.4 Å². The number of hydrogen-bond donors (Lipinski definition) is 0. The number of alkyl halides is 6. The molecule has 2 aliphatic rings. The number of unbranched alkanes of at least 4 members (excludes halogenated alkanes) is 8. The highest BCUT2D eigenvalue weighted by atomic mass is 19.4. The van der Waals surface area contributed by atoms with Gasteiger partial charge in [-0.1, -0.05) is 174 Å². The number of rotatable bonds is 20. The fourth-order valence-corrected chi connectivity index (χ4v) is 8.42. The summed E-state index contributed by atoms with van der Waals surface area (Å²) < 4.78 is 97.9. The average molecular weight is 841 g/mol. The Labute approximate surface area is 357 Å². The standard InChI is InChI=1S/C52H58F6N2O/c1-3-5-7-9-13-19-39-25-27-45(59-37-39)49(51(53,54)55)33-29-43(30-34-49)47(41-21-15-11-16-22-41)61-48(42-23-17-12-18-24-42)44-31-35-50(36-32-44,52(56,57)58)46-28-26-40(38-60-46)20-14-10-8-6-4-2/h11-12,15-18,21-33,35,37-38,47-48H,3-10,13-14,19-20,34,36H2,1-2H3. The molecule has 4 aromatic rings. The summed E-state index contributed by atoms with van der Waals surface area (Å²) in [6.45, 7) is 4.31. The van der Waals surface area contributed by atoms with Crippen molar-refractivity contribution in [1.29, 1.82) is 0 Å². The Morgan fingerprint density at radius 1 is 0.525 bits per heavy atom. The number of pyridine rings is 2. The maximum atomic E-state index is 15.2. The smallest absolute Gasteiger partial charge is 0.356 e. The topological polar surface area (TPSA) is 35.0 Å². The largest absolute Gasteiger partial charge is 0.403 e. The van der Waals surface area contributed by atoms with E-state index in [0.717, 1.165) is 75.3 Å². The van der Waals surface area contributed by atoms with E-state index in [1.807, 2.05) is 60.7 Å². The zero-order chi connectivity index (χ0) is 43.4. The predicted molar refractivity (Wildman–Crippen MR) is 232 cm³/mol. The zero-order valence-electron chi connectivity index (χ0n) is 35.3. The molecule has 2 aromatic heterocycles. The Morgan fingerprint density at radius 3 is 1.23 bits per heavy atom. The van der Waals surface area contributed by atoms with Gasteiger partial charge in [-0.3, -0.25) is 9.97 Å².